The van der Waals surface area contributed by atoms with Crippen molar-refractivity contribution in [2.24, 2.45) is 23.2 Å². The van der Waals surface area contributed by atoms with Crippen LogP contribution in [0.5, 0.6) is 0 Å². The number of carbonyl (C=O) groups excluding carboxylic acids is 1. The molecule has 1 heterocycles. The summed E-state index contributed by atoms with van der Waals surface area (Å²) in [5, 5.41) is 6.22. The van der Waals surface area contributed by atoms with Gasteiger partial charge in [0.05, 0.1) is 0 Å². The van der Waals surface area contributed by atoms with Gasteiger partial charge in [0.15, 0.2) is 5.11 Å². The molecule has 0 radical (unpaired) electrons. The number of hydrogen-bond donors (Lipinski definition) is 2. The maximum Gasteiger partial charge on any atom is 0.226 e. The lowest BCUT2D eigenvalue weighted by Crippen LogP contribution is -2.48. The zero-order valence-electron chi connectivity index (χ0n) is 14.2. The van der Waals surface area contributed by atoms with E-state index in [0.29, 0.717) is 17.4 Å². The Kier molecular flexibility index (Phi) is 4.07. The molecule has 1 amide bonds. The number of rotatable bonds is 3. The monoisotopic (exact) mass is 343 g/mol. The van der Waals surface area contributed by atoms with Crippen molar-refractivity contribution in [2.75, 3.05) is 5.32 Å². The van der Waals surface area contributed by atoms with Crippen LogP contribution < -0.4 is 10.6 Å². The average Bonchev–Trinajstić information content (AvgIpc) is 2.44. The van der Waals surface area contributed by atoms with E-state index in [1.807, 2.05) is 19.1 Å². The highest BCUT2D eigenvalue weighted by Crippen LogP contribution is 2.61. The van der Waals surface area contributed by atoms with Crippen molar-refractivity contribution in [3.63, 3.8) is 0 Å². The molecule has 2 N–H and O–H groups in total. The topological polar surface area (TPSA) is 54.0 Å². The minimum atomic E-state index is 0.0575. The predicted molar refractivity (Wildman–Crippen MR) is 98.6 cm³/mol. The molecule has 1 aromatic rings. The molecule has 0 spiro atoms. The first-order chi connectivity index (χ1) is 11.5. The minimum absolute atomic E-state index is 0.0575. The summed E-state index contributed by atoms with van der Waals surface area (Å²) in [6, 6.07) is 3.84. The van der Waals surface area contributed by atoms with Gasteiger partial charge in [-0.2, -0.15) is 0 Å². The summed E-state index contributed by atoms with van der Waals surface area (Å²) in [7, 11) is 0. The van der Waals surface area contributed by atoms with Gasteiger partial charge in [0.2, 0.25) is 5.91 Å². The molecule has 4 fully saturated rings. The highest BCUT2D eigenvalue weighted by atomic mass is 32.1. The van der Waals surface area contributed by atoms with E-state index in [9.17, 15) is 4.79 Å². The lowest BCUT2D eigenvalue weighted by atomic mass is 9.49. The fraction of sp³-hybridized carbons (Fsp3) is 0.632. The van der Waals surface area contributed by atoms with E-state index in [4.69, 9.17) is 12.2 Å². The highest BCUT2D eigenvalue weighted by Gasteiger charge is 2.51. The summed E-state index contributed by atoms with van der Waals surface area (Å²) >= 11 is 5.28. The van der Waals surface area contributed by atoms with Gasteiger partial charge >= 0.3 is 0 Å². The molecule has 5 heteroatoms. The van der Waals surface area contributed by atoms with E-state index in [1.165, 1.54) is 38.5 Å². The molecule has 0 aromatic carbocycles. The Morgan fingerprint density at radius 2 is 1.88 bits per heavy atom. The molecule has 4 aliphatic carbocycles. The number of anilines is 1. The second-order valence-electron chi connectivity index (χ2n) is 8.32. The van der Waals surface area contributed by atoms with Crippen molar-refractivity contribution in [1.29, 1.82) is 0 Å². The number of amides is 1. The molecule has 4 saturated carbocycles. The normalized spacial score (nSPS) is 33.3. The van der Waals surface area contributed by atoms with Crippen molar-refractivity contribution >= 4 is 29.1 Å². The Hall–Kier alpha value is -1.49. The summed E-state index contributed by atoms with van der Waals surface area (Å²) in [6.45, 7) is 2.00. The van der Waals surface area contributed by atoms with E-state index in [1.54, 1.807) is 6.20 Å². The molecule has 0 atom stereocenters. The second kappa shape index (κ2) is 6.10. The van der Waals surface area contributed by atoms with Crippen LogP contribution in [-0.2, 0) is 4.79 Å². The Morgan fingerprint density at radius 1 is 1.25 bits per heavy atom. The number of nitrogens with zero attached hydrogens (tertiary/aromatic N) is 1. The molecule has 24 heavy (non-hydrogen) atoms. The zero-order valence-corrected chi connectivity index (χ0v) is 15.0. The van der Waals surface area contributed by atoms with Crippen LogP contribution in [0.15, 0.2) is 18.3 Å². The molecule has 4 bridgehead atoms. The molecule has 4 aliphatic rings. The third kappa shape index (κ3) is 3.32. The van der Waals surface area contributed by atoms with Crippen molar-refractivity contribution in [2.45, 2.75) is 51.9 Å². The van der Waals surface area contributed by atoms with Gasteiger partial charge in [0, 0.05) is 12.6 Å². The molecule has 5 rings (SSSR count). The first kappa shape index (κ1) is 16.0. The van der Waals surface area contributed by atoms with Crippen molar-refractivity contribution in [3.8, 4) is 0 Å². The Morgan fingerprint density at radius 3 is 2.46 bits per heavy atom. The Labute approximate surface area is 148 Å². The number of carbonyl (C=O) groups is 1. The summed E-state index contributed by atoms with van der Waals surface area (Å²) in [6.07, 6.45) is 10.3. The van der Waals surface area contributed by atoms with Gasteiger partial charge in [-0.1, -0.05) is 0 Å². The van der Waals surface area contributed by atoms with Crippen molar-refractivity contribution in [3.05, 3.63) is 23.9 Å². The number of hydrogen-bond acceptors (Lipinski definition) is 3. The first-order valence-electron chi connectivity index (χ1n) is 9.03. The Balaban J connectivity index is 1.34. The van der Waals surface area contributed by atoms with E-state index in [0.717, 1.165) is 23.3 Å². The minimum Gasteiger partial charge on any atom is -0.317 e. The maximum absolute atomic E-state index is 12.5. The molecule has 128 valence electrons. The molecular weight excluding hydrogens is 318 g/mol. The molecule has 0 unspecified atom stereocenters. The van der Waals surface area contributed by atoms with Gasteiger partial charge in [-0.3, -0.25) is 4.79 Å². The third-order valence-corrected chi connectivity index (χ3v) is 6.31. The molecule has 0 saturated heterocycles. The lowest BCUT2D eigenvalue weighted by Gasteiger charge is -2.56. The fourth-order valence-electron chi connectivity index (χ4n) is 5.77. The van der Waals surface area contributed by atoms with Gasteiger partial charge in [0.25, 0.3) is 0 Å². The van der Waals surface area contributed by atoms with Gasteiger partial charge < -0.3 is 10.6 Å². The van der Waals surface area contributed by atoms with Crippen LogP contribution >= 0.6 is 12.2 Å². The summed E-state index contributed by atoms with van der Waals surface area (Å²) < 4.78 is 0. The number of aromatic nitrogens is 1. The summed E-state index contributed by atoms with van der Waals surface area (Å²) in [5.74, 6) is 3.33. The average molecular weight is 343 g/mol. The SMILES string of the molecule is Cc1ccnc(NC(=S)NC(=O)CC23CC4CC(CC(C4)C2)C3)c1. The van der Waals surface area contributed by atoms with Crippen molar-refractivity contribution in [1.82, 2.24) is 10.3 Å². The smallest absolute Gasteiger partial charge is 0.226 e. The summed E-state index contributed by atoms with van der Waals surface area (Å²) in [4.78, 5) is 16.8. The Bertz CT molecular complexity index is 637. The molecule has 0 aliphatic heterocycles. The number of thiocarbonyl (C=S) groups is 1. The second-order valence-corrected chi connectivity index (χ2v) is 8.72. The number of pyridine rings is 1. The summed E-state index contributed by atoms with van der Waals surface area (Å²) in [5.41, 5.74) is 1.35. The predicted octanol–water partition coefficient (Wildman–Crippen LogP) is 3.81. The molecular formula is C19H25N3OS. The van der Waals surface area contributed by atoms with Crippen LogP contribution in [0.2, 0.25) is 0 Å². The van der Waals surface area contributed by atoms with E-state index < -0.39 is 0 Å². The zero-order chi connectivity index (χ0) is 16.7. The fourth-order valence-corrected chi connectivity index (χ4v) is 5.99. The van der Waals surface area contributed by atoms with Gasteiger partial charge in [-0.05, 0) is 98.5 Å². The standard InChI is InChI=1S/C19H25N3OS/c1-12-2-3-20-16(4-12)21-18(24)22-17(23)11-19-8-13-5-14(9-19)7-15(6-13)10-19/h2-4,13-15H,5-11H2,1H3,(H2,20,21,22,23,24). The van der Waals surface area contributed by atoms with Crippen LogP contribution in [0.3, 0.4) is 0 Å². The van der Waals surface area contributed by atoms with Crippen LogP contribution in [0, 0.1) is 30.1 Å². The number of nitrogens with one attached hydrogen (secondary N) is 2. The van der Waals surface area contributed by atoms with Crippen LogP contribution in [0.1, 0.15) is 50.5 Å². The quantitative estimate of drug-likeness (QED) is 0.820. The highest BCUT2D eigenvalue weighted by molar-refractivity contribution is 7.80. The maximum atomic E-state index is 12.5. The van der Waals surface area contributed by atoms with Crippen LogP contribution in [0.4, 0.5) is 5.82 Å². The van der Waals surface area contributed by atoms with E-state index in [-0.39, 0.29) is 11.3 Å². The van der Waals surface area contributed by atoms with E-state index in [2.05, 4.69) is 15.6 Å². The van der Waals surface area contributed by atoms with Gasteiger partial charge in [-0.15, -0.1) is 0 Å². The molecule has 1 aromatic heterocycles. The van der Waals surface area contributed by atoms with Crippen molar-refractivity contribution < 1.29 is 4.79 Å². The van der Waals surface area contributed by atoms with Crippen LogP contribution in [0.25, 0.3) is 0 Å². The third-order valence-electron chi connectivity index (χ3n) is 6.11. The van der Waals surface area contributed by atoms with Gasteiger partial charge in [-0.25, -0.2) is 4.98 Å². The van der Waals surface area contributed by atoms with E-state index >= 15 is 0 Å². The van der Waals surface area contributed by atoms with Crippen LogP contribution in [-0.4, -0.2) is 16.0 Å². The first-order valence-corrected chi connectivity index (χ1v) is 9.44. The largest absolute Gasteiger partial charge is 0.317 e. The molecule has 4 nitrogen and oxygen atoms in total. The number of aryl methyl sites for hydroxylation is 1. The lowest BCUT2D eigenvalue weighted by molar-refractivity contribution is -0.127. The van der Waals surface area contributed by atoms with Gasteiger partial charge in [0.1, 0.15) is 5.82 Å².